The molecule has 0 rings (SSSR count). The van der Waals surface area contributed by atoms with Crippen LogP contribution < -0.4 is 18.9 Å². The molecule has 0 saturated carbocycles. The monoisotopic (exact) mass is 260 g/mol. The third-order valence-corrected chi connectivity index (χ3v) is 1.98. The van der Waals surface area contributed by atoms with E-state index in [9.17, 15) is 13.0 Å². The molecule has 0 aromatic heterocycles. The van der Waals surface area contributed by atoms with Crippen LogP contribution in [0.25, 0.3) is 0 Å². The van der Waals surface area contributed by atoms with Gasteiger partial charge in [-0.15, -0.1) is 6.58 Å². The Labute approximate surface area is 114 Å². The fourth-order valence-electron chi connectivity index (χ4n) is 0.847. The summed E-state index contributed by atoms with van der Waals surface area (Å²) >= 11 is 0. The average Bonchev–Trinajstić information content (AvgIpc) is 2.19. The standard InChI is InChI=1S/C9H18O6S.Li/c1-2-3-4-5-13-6-7-14-8-9-15-16(10,11)12;/h2H,1,3-9H2,(H,10,11,12);/q;+1/p-1. The minimum Gasteiger partial charge on any atom is -0.726 e. The summed E-state index contributed by atoms with van der Waals surface area (Å²) < 4.78 is 44.1. The van der Waals surface area contributed by atoms with Crippen molar-refractivity contribution in [3.05, 3.63) is 12.7 Å². The molecule has 8 heteroatoms. The molecule has 0 spiro atoms. The molecule has 96 valence electrons. The second-order valence-electron chi connectivity index (χ2n) is 2.89. The first-order valence-electron chi connectivity index (χ1n) is 4.93. The molecular formula is C9H17LiO6S. The van der Waals surface area contributed by atoms with Gasteiger partial charge in [0.25, 0.3) is 0 Å². The summed E-state index contributed by atoms with van der Waals surface area (Å²) in [5.74, 6) is 0. The van der Waals surface area contributed by atoms with Gasteiger partial charge in [0, 0.05) is 6.61 Å². The van der Waals surface area contributed by atoms with E-state index in [-0.39, 0.29) is 32.1 Å². The van der Waals surface area contributed by atoms with Gasteiger partial charge in [-0.05, 0) is 12.8 Å². The Morgan fingerprint density at radius 3 is 2.12 bits per heavy atom. The number of unbranched alkanes of at least 4 members (excludes halogenated alkanes) is 1. The molecule has 0 unspecified atom stereocenters. The number of hydrogen-bond acceptors (Lipinski definition) is 6. The van der Waals surface area contributed by atoms with E-state index >= 15 is 0 Å². The Balaban J connectivity index is 0. The van der Waals surface area contributed by atoms with Crippen LogP contribution in [0.3, 0.4) is 0 Å². The first-order chi connectivity index (χ1) is 7.56. The molecule has 0 aliphatic carbocycles. The number of hydrogen-bond donors (Lipinski definition) is 0. The van der Waals surface area contributed by atoms with E-state index in [2.05, 4.69) is 10.8 Å². The summed E-state index contributed by atoms with van der Waals surface area (Å²) in [5.41, 5.74) is 0. The van der Waals surface area contributed by atoms with Crippen molar-refractivity contribution in [2.45, 2.75) is 12.8 Å². The molecular weight excluding hydrogens is 243 g/mol. The second-order valence-corrected chi connectivity index (χ2v) is 3.94. The van der Waals surface area contributed by atoms with Crippen LogP contribution in [-0.4, -0.2) is 46.0 Å². The molecule has 0 aromatic carbocycles. The van der Waals surface area contributed by atoms with E-state index in [1.807, 2.05) is 6.08 Å². The fraction of sp³-hybridized carbons (Fsp3) is 0.778. The molecule has 0 heterocycles. The molecule has 0 N–H and O–H groups in total. The van der Waals surface area contributed by atoms with E-state index < -0.39 is 10.4 Å². The SMILES string of the molecule is C=CCCCOCCOCCOS(=O)(=O)[O-].[Li+]. The largest absolute Gasteiger partial charge is 1.00 e. The van der Waals surface area contributed by atoms with Gasteiger partial charge in [0.1, 0.15) is 0 Å². The van der Waals surface area contributed by atoms with Crippen LogP contribution in [0.2, 0.25) is 0 Å². The molecule has 0 fully saturated rings. The van der Waals surface area contributed by atoms with E-state index in [0.29, 0.717) is 19.8 Å². The molecule has 6 nitrogen and oxygen atoms in total. The molecule has 0 aliphatic rings. The van der Waals surface area contributed by atoms with E-state index in [4.69, 9.17) is 9.47 Å². The average molecular weight is 260 g/mol. The smallest absolute Gasteiger partial charge is 0.726 e. The van der Waals surface area contributed by atoms with E-state index in [1.54, 1.807) is 0 Å². The van der Waals surface area contributed by atoms with Crippen LogP contribution in [0.15, 0.2) is 12.7 Å². The van der Waals surface area contributed by atoms with Gasteiger partial charge in [-0.25, -0.2) is 8.42 Å². The van der Waals surface area contributed by atoms with Crippen molar-refractivity contribution in [1.82, 2.24) is 0 Å². The maximum absolute atomic E-state index is 10.0. The quantitative estimate of drug-likeness (QED) is 0.134. The summed E-state index contributed by atoms with van der Waals surface area (Å²) in [6.07, 6.45) is 3.65. The van der Waals surface area contributed by atoms with Crippen LogP contribution in [0.5, 0.6) is 0 Å². The van der Waals surface area contributed by atoms with E-state index in [0.717, 1.165) is 12.8 Å². The number of allylic oxidation sites excluding steroid dienone is 1. The van der Waals surface area contributed by atoms with Crippen LogP contribution in [0.1, 0.15) is 12.8 Å². The molecule has 0 bridgehead atoms. The summed E-state index contributed by atoms with van der Waals surface area (Å²) in [6.45, 7) is 4.79. The van der Waals surface area contributed by atoms with E-state index in [1.165, 1.54) is 0 Å². The van der Waals surface area contributed by atoms with Crippen molar-refractivity contribution in [1.29, 1.82) is 0 Å². The Kier molecular flexibility index (Phi) is 14.4. The first-order valence-corrected chi connectivity index (χ1v) is 6.26. The van der Waals surface area contributed by atoms with Gasteiger partial charge >= 0.3 is 18.9 Å². The van der Waals surface area contributed by atoms with Gasteiger partial charge in [-0.2, -0.15) is 0 Å². The zero-order chi connectivity index (χ0) is 12.3. The zero-order valence-electron chi connectivity index (χ0n) is 10.1. The zero-order valence-corrected chi connectivity index (χ0v) is 10.9. The molecule has 0 radical (unpaired) electrons. The minimum atomic E-state index is -4.60. The first kappa shape index (κ1) is 19.5. The van der Waals surface area contributed by atoms with Gasteiger partial charge < -0.3 is 14.0 Å². The predicted octanol–water partition coefficient (Wildman–Crippen LogP) is -2.53. The molecule has 0 saturated heterocycles. The third kappa shape index (κ3) is 18.7. The number of ether oxygens (including phenoxy) is 2. The molecule has 0 aliphatic heterocycles. The minimum absolute atomic E-state index is 0. The van der Waals surface area contributed by atoms with Crippen molar-refractivity contribution in [3.8, 4) is 0 Å². The Bertz CT molecular complexity index is 267. The van der Waals surface area contributed by atoms with Gasteiger partial charge in [-0.3, -0.25) is 4.18 Å². The van der Waals surface area contributed by atoms with Gasteiger partial charge in [0.15, 0.2) is 0 Å². The normalized spacial score (nSPS) is 10.9. The summed E-state index contributed by atoms with van der Waals surface area (Å²) in [5, 5.41) is 0. The van der Waals surface area contributed by atoms with Crippen molar-refractivity contribution in [3.63, 3.8) is 0 Å². The number of rotatable bonds is 11. The van der Waals surface area contributed by atoms with Crippen LogP contribution in [0.4, 0.5) is 0 Å². The van der Waals surface area contributed by atoms with Crippen molar-refractivity contribution in [2.75, 3.05) is 33.0 Å². The predicted molar refractivity (Wildman–Crippen MR) is 56.7 cm³/mol. The molecule has 0 atom stereocenters. The van der Waals surface area contributed by atoms with Gasteiger partial charge in [-0.1, -0.05) is 6.08 Å². The van der Waals surface area contributed by atoms with Crippen LogP contribution in [0, 0.1) is 0 Å². The maximum Gasteiger partial charge on any atom is 1.00 e. The van der Waals surface area contributed by atoms with Crippen molar-refractivity contribution < 1.29 is 45.5 Å². The molecule has 0 aromatic rings. The maximum atomic E-state index is 10.0. The Morgan fingerprint density at radius 2 is 1.59 bits per heavy atom. The summed E-state index contributed by atoms with van der Waals surface area (Å²) in [4.78, 5) is 0. The topological polar surface area (TPSA) is 84.9 Å². The summed E-state index contributed by atoms with van der Waals surface area (Å²) in [7, 11) is -4.60. The molecule has 0 amide bonds. The van der Waals surface area contributed by atoms with Gasteiger partial charge in [0.2, 0.25) is 10.4 Å². The van der Waals surface area contributed by atoms with Gasteiger partial charge in [0.05, 0.1) is 26.4 Å². The third-order valence-electron chi connectivity index (χ3n) is 1.52. The van der Waals surface area contributed by atoms with Crippen LogP contribution >= 0.6 is 0 Å². The van der Waals surface area contributed by atoms with Crippen molar-refractivity contribution in [2.24, 2.45) is 0 Å². The van der Waals surface area contributed by atoms with Crippen molar-refractivity contribution >= 4 is 10.4 Å². The second kappa shape index (κ2) is 12.6. The van der Waals surface area contributed by atoms with Crippen LogP contribution in [-0.2, 0) is 24.1 Å². The molecule has 17 heavy (non-hydrogen) atoms. The Hall–Kier alpha value is 0.127. The summed E-state index contributed by atoms with van der Waals surface area (Å²) in [6, 6.07) is 0. The Morgan fingerprint density at radius 1 is 1.06 bits per heavy atom. The fourth-order valence-corrected chi connectivity index (χ4v) is 1.12.